The van der Waals surface area contributed by atoms with Gasteiger partial charge in [-0.2, -0.15) is 0 Å². The molecule has 0 bridgehead atoms. The maximum Gasteiger partial charge on any atom is 0.127 e. The van der Waals surface area contributed by atoms with Crippen molar-refractivity contribution in [1.29, 1.82) is 0 Å². The van der Waals surface area contributed by atoms with Crippen molar-refractivity contribution in [3.63, 3.8) is 0 Å². The van der Waals surface area contributed by atoms with Gasteiger partial charge in [-0.15, -0.1) is 6.58 Å². The van der Waals surface area contributed by atoms with Crippen LogP contribution >= 0.6 is 0 Å². The lowest BCUT2D eigenvalue weighted by molar-refractivity contribution is 0.381. The van der Waals surface area contributed by atoms with Crippen molar-refractivity contribution in [2.24, 2.45) is 0 Å². The van der Waals surface area contributed by atoms with Gasteiger partial charge in [0.05, 0.1) is 14.2 Å². The molecule has 0 aliphatic heterocycles. The second-order valence-electron chi connectivity index (χ2n) is 5.11. The van der Waals surface area contributed by atoms with E-state index in [9.17, 15) is 0 Å². The van der Waals surface area contributed by atoms with Crippen molar-refractivity contribution >= 4 is 0 Å². The van der Waals surface area contributed by atoms with Gasteiger partial charge in [-0.05, 0) is 38.8 Å². The molecular formula is C17H27NO2. The van der Waals surface area contributed by atoms with Crippen LogP contribution in [0.25, 0.3) is 0 Å². The van der Waals surface area contributed by atoms with E-state index in [0.29, 0.717) is 0 Å². The average Bonchev–Trinajstić information content (AvgIpc) is 2.46. The number of ether oxygens (including phenoxy) is 2. The minimum Gasteiger partial charge on any atom is -0.497 e. The molecule has 1 atom stereocenters. The normalized spacial score (nSPS) is 12.0. The maximum absolute atomic E-state index is 5.51. The minimum absolute atomic E-state index is 0.285. The van der Waals surface area contributed by atoms with E-state index in [-0.39, 0.29) is 6.04 Å². The van der Waals surface area contributed by atoms with Crippen LogP contribution in [0.1, 0.15) is 44.7 Å². The molecule has 0 radical (unpaired) electrons. The lowest BCUT2D eigenvalue weighted by Crippen LogP contribution is -2.22. The SMILES string of the molecule is C=C(C)CCC(NCCC)c1ccc(OC)cc1OC. The highest BCUT2D eigenvalue weighted by Crippen LogP contribution is 2.32. The maximum atomic E-state index is 5.51. The van der Waals surface area contributed by atoms with Crippen LogP contribution in [0.2, 0.25) is 0 Å². The second kappa shape index (κ2) is 8.64. The predicted octanol–water partition coefficient (Wildman–Crippen LogP) is 4.10. The Morgan fingerprint density at radius 3 is 2.60 bits per heavy atom. The van der Waals surface area contributed by atoms with E-state index < -0.39 is 0 Å². The summed E-state index contributed by atoms with van der Waals surface area (Å²) in [6, 6.07) is 6.30. The van der Waals surface area contributed by atoms with Crippen molar-refractivity contribution in [1.82, 2.24) is 5.32 Å². The zero-order valence-corrected chi connectivity index (χ0v) is 13.2. The van der Waals surface area contributed by atoms with Gasteiger partial charge in [-0.25, -0.2) is 0 Å². The highest BCUT2D eigenvalue weighted by molar-refractivity contribution is 5.42. The largest absolute Gasteiger partial charge is 0.497 e. The highest BCUT2D eigenvalue weighted by atomic mass is 16.5. The molecule has 0 aromatic heterocycles. The van der Waals surface area contributed by atoms with Gasteiger partial charge >= 0.3 is 0 Å². The predicted molar refractivity (Wildman–Crippen MR) is 84.6 cm³/mol. The molecule has 0 amide bonds. The number of hydrogen-bond donors (Lipinski definition) is 1. The Hall–Kier alpha value is -1.48. The molecule has 0 saturated carbocycles. The average molecular weight is 277 g/mol. The van der Waals surface area contributed by atoms with Crippen LogP contribution in [0.4, 0.5) is 0 Å². The Morgan fingerprint density at radius 2 is 2.05 bits per heavy atom. The number of methoxy groups -OCH3 is 2. The number of hydrogen-bond acceptors (Lipinski definition) is 3. The second-order valence-corrected chi connectivity index (χ2v) is 5.11. The van der Waals surface area contributed by atoms with Gasteiger partial charge in [0.1, 0.15) is 11.5 Å². The first-order valence-corrected chi connectivity index (χ1v) is 7.22. The van der Waals surface area contributed by atoms with Gasteiger partial charge in [-0.3, -0.25) is 0 Å². The van der Waals surface area contributed by atoms with Crippen LogP contribution in [0.15, 0.2) is 30.4 Å². The molecule has 3 nitrogen and oxygen atoms in total. The molecule has 1 aromatic rings. The van der Waals surface area contributed by atoms with E-state index in [1.807, 2.05) is 12.1 Å². The molecule has 1 unspecified atom stereocenters. The zero-order chi connectivity index (χ0) is 15.0. The van der Waals surface area contributed by atoms with Crippen molar-refractivity contribution in [3.05, 3.63) is 35.9 Å². The molecule has 0 spiro atoms. The Labute approximate surface area is 123 Å². The molecule has 3 heteroatoms. The summed E-state index contributed by atoms with van der Waals surface area (Å²) in [6.07, 6.45) is 3.15. The number of benzene rings is 1. The fourth-order valence-corrected chi connectivity index (χ4v) is 2.18. The molecule has 1 aromatic carbocycles. The van der Waals surface area contributed by atoms with Crippen molar-refractivity contribution in [2.75, 3.05) is 20.8 Å². The first-order chi connectivity index (χ1) is 9.62. The van der Waals surface area contributed by atoms with Gasteiger partial charge in [-0.1, -0.05) is 18.6 Å². The fourth-order valence-electron chi connectivity index (χ4n) is 2.18. The molecule has 112 valence electrons. The summed E-state index contributed by atoms with van der Waals surface area (Å²) in [7, 11) is 3.37. The van der Waals surface area contributed by atoms with Crippen molar-refractivity contribution in [3.8, 4) is 11.5 Å². The van der Waals surface area contributed by atoms with Crippen LogP contribution in [-0.4, -0.2) is 20.8 Å². The van der Waals surface area contributed by atoms with E-state index in [2.05, 4.69) is 31.8 Å². The first-order valence-electron chi connectivity index (χ1n) is 7.22. The number of rotatable bonds is 9. The molecule has 1 rings (SSSR count). The smallest absolute Gasteiger partial charge is 0.127 e. The van der Waals surface area contributed by atoms with Gasteiger partial charge in [0.15, 0.2) is 0 Å². The molecule has 0 fully saturated rings. The van der Waals surface area contributed by atoms with E-state index in [1.165, 1.54) is 11.1 Å². The Morgan fingerprint density at radius 1 is 1.30 bits per heavy atom. The lowest BCUT2D eigenvalue weighted by Gasteiger charge is -2.22. The Kier molecular flexibility index (Phi) is 7.16. The van der Waals surface area contributed by atoms with E-state index >= 15 is 0 Å². The molecule has 0 aliphatic rings. The Bertz CT molecular complexity index is 429. The first kappa shape index (κ1) is 16.6. The molecule has 0 heterocycles. The van der Waals surface area contributed by atoms with Gasteiger partial charge < -0.3 is 14.8 Å². The highest BCUT2D eigenvalue weighted by Gasteiger charge is 2.16. The summed E-state index contributed by atoms with van der Waals surface area (Å²) in [5.41, 5.74) is 2.39. The van der Waals surface area contributed by atoms with Gasteiger partial charge in [0, 0.05) is 17.7 Å². The molecular weight excluding hydrogens is 250 g/mol. The fraction of sp³-hybridized carbons (Fsp3) is 0.529. The van der Waals surface area contributed by atoms with Crippen LogP contribution in [-0.2, 0) is 0 Å². The minimum atomic E-state index is 0.285. The molecule has 0 saturated heterocycles. The number of nitrogens with one attached hydrogen (secondary N) is 1. The van der Waals surface area contributed by atoms with E-state index in [1.54, 1.807) is 14.2 Å². The van der Waals surface area contributed by atoms with E-state index in [0.717, 1.165) is 37.3 Å². The summed E-state index contributed by atoms with van der Waals surface area (Å²) in [5, 5.41) is 3.59. The van der Waals surface area contributed by atoms with Crippen LogP contribution < -0.4 is 14.8 Å². The van der Waals surface area contributed by atoms with E-state index in [4.69, 9.17) is 9.47 Å². The summed E-state index contributed by atoms with van der Waals surface area (Å²) in [4.78, 5) is 0. The summed E-state index contributed by atoms with van der Waals surface area (Å²) in [5.74, 6) is 1.69. The van der Waals surface area contributed by atoms with Crippen LogP contribution in [0, 0.1) is 0 Å². The molecule has 20 heavy (non-hydrogen) atoms. The standard InChI is InChI=1S/C17H27NO2/c1-6-11-18-16(10-7-13(2)3)15-9-8-14(19-4)12-17(15)20-5/h8-9,12,16,18H,2,6-7,10-11H2,1,3-5H3. The van der Waals surface area contributed by atoms with Crippen molar-refractivity contribution < 1.29 is 9.47 Å². The quantitative estimate of drug-likeness (QED) is 0.689. The molecule has 0 aliphatic carbocycles. The summed E-state index contributed by atoms with van der Waals surface area (Å²) in [6.45, 7) is 9.23. The Balaban J connectivity index is 2.95. The molecule has 1 N–H and O–H groups in total. The van der Waals surface area contributed by atoms with Crippen LogP contribution in [0.5, 0.6) is 11.5 Å². The zero-order valence-electron chi connectivity index (χ0n) is 13.2. The summed E-state index contributed by atoms with van der Waals surface area (Å²) >= 11 is 0. The third kappa shape index (κ3) is 4.89. The lowest BCUT2D eigenvalue weighted by atomic mass is 9.98. The third-order valence-electron chi connectivity index (χ3n) is 3.32. The topological polar surface area (TPSA) is 30.5 Å². The van der Waals surface area contributed by atoms with Crippen LogP contribution in [0.3, 0.4) is 0 Å². The van der Waals surface area contributed by atoms with Gasteiger partial charge in [0.25, 0.3) is 0 Å². The number of allylic oxidation sites excluding steroid dienone is 1. The van der Waals surface area contributed by atoms with Gasteiger partial charge in [0.2, 0.25) is 0 Å². The monoisotopic (exact) mass is 277 g/mol. The summed E-state index contributed by atoms with van der Waals surface area (Å²) < 4.78 is 10.8. The van der Waals surface area contributed by atoms with Crippen molar-refractivity contribution in [2.45, 2.75) is 39.2 Å². The third-order valence-corrected chi connectivity index (χ3v) is 3.32.